The smallest absolute Gasteiger partial charge is 0.481 e. The number of nitrogens with zero attached hydrogens (tertiary/aromatic N) is 1. The van der Waals surface area contributed by atoms with E-state index in [2.05, 4.69) is 9.72 Å². The molecule has 1 N–H and O–H groups in total. The van der Waals surface area contributed by atoms with Crippen LogP contribution in [0.15, 0.2) is 6.20 Å². The summed E-state index contributed by atoms with van der Waals surface area (Å²) in [6, 6.07) is 0. The van der Waals surface area contributed by atoms with Gasteiger partial charge in [-0.15, -0.1) is 13.2 Å². The molecular formula is C9H6F4INO3. The van der Waals surface area contributed by atoms with Crippen LogP contribution in [0, 0.1) is 3.70 Å². The normalized spacial score (nSPS) is 11.4. The van der Waals surface area contributed by atoms with E-state index in [9.17, 15) is 22.4 Å². The van der Waals surface area contributed by atoms with Crippen LogP contribution in [0.1, 0.15) is 11.1 Å². The quantitative estimate of drug-likeness (QED) is 0.497. The van der Waals surface area contributed by atoms with Crippen molar-refractivity contribution >= 4 is 28.6 Å². The number of pyridine rings is 1. The molecule has 0 aromatic carbocycles. The van der Waals surface area contributed by atoms with Crippen molar-refractivity contribution < 1.29 is 32.2 Å². The van der Waals surface area contributed by atoms with Crippen molar-refractivity contribution in [3.05, 3.63) is 21.0 Å². The number of alkyl halides is 4. The minimum absolute atomic E-state index is 0.148. The third kappa shape index (κ3) is 3.96. The second-order valence-corrected chi connectivity index (χ2v) is 4.16. The number of halogens is 5. The van der Waals surface area contributed by atoms with E-state index >= 15 is 0 Å². The summed E-state index contributed by atoms with van der Waals surface area (Å²) in [7, 11) is 0. The molecule has 0 aliphatic carbocycles. The molecule has 0 aliphatic rings. The molecule has 1 aromatic heterocycles. The van der Waals surface area contributed by atoms with Gasteiger partial charge in [-0.25, -0.2) is 9.37 Å². The van der Waals surface area contributed by atoms with Crippen LogP contribution in [0.5, 0.6) is 5.75 Å². The molecule has 0 saturated heterocycles. The van der Waals surface area contributed by atoms with Gasteiger partial charge in [-0.05, 0) is 28.2 Å². The highest BCUT2D eigenvalue weighted by atomic mass is 127. The van der Waals surface area contributed by atoms with Crippen LogP contribution in [-0.4, -0.2) is 22.4 Å². The molecule has 1 heterocycles. The van der Waals surface area contributed by atoms with E-state index in [0.29, 0.717) is 0 Å². The van der Waals surface area contributed by atoms with Crippen LogP contribution in [0.3, 0.4) is 0 Å². The summed E-state index contributed by atoms with van der Waals surface area (Å²) >= 11 is 1.45. The summed E-state index contributed by atoms with van der Waals surface area (Å²) in [5.41, 5.74) is -0.598. The number of aliphatic carboxylic acids is 1. The van der Waals surface area contributed by atoms with Crippen LogP contribution in [0.2, 0.25) is 0 Å². The Morgan fingerprint density at radius 1 is 1.50 bits per heavy atom. The molecule has 0 radical (unpaired) electrons. The molecule has 0 fully saturated rings. The lowest BCUT2D eigenvalue weighted by atomic mass is 10.1. The number of aromatic nitrogens is 1. The maximum atomic E-state index is 12.8. The van der Waals surface area contributed by atoms with Crippen LogP contribution in [0.25, 0.3) is 0 Å². The van der Waals surface area contributed by atoms with Gasteiger partial charge in [-0.1, -0.05) is 0 Å². The highest BCUT2D eigenvalue weighted by Crippen LogP contribution is 2.32. The van der Waals surface area contributed by atoms with Gasteiger partial charge in [0.2, 0.25) is 0 Å². The van der Waals surface area contributed by atoms with Crippen molar-refractivity contribution in [3.63, 3.8) is 0 Å². The van der Waals surface area contributed by atoms with Crippen LogP contribution >= 0.6 is 22.6 Å². The fourth-order valence-electron chi connectivity index (χ4n) is 1.22. The average molecular weight is 379 g/mol. The van der Waals surface area contributed by atoms with E-state index in [1.54, 1.807) is 0 Å². The second-order valence-electron chi connectivity index (χ2n) is 3.13. The zero-order valence-electron chi connectivity index (χ0n) is 8.59. The number of hydrogen-bond donors (Lipinski definition) is 1. The third-order valence-electron chi connectivity index (χ3n) is 1.88. The highest BCUT2D eigenvalue weighted by molar-refractivity contribution is 14.1. The molecule has 18 heavy (non-hydrogen) atoms. The van der Waals surface area contributed by atoms with Crippen molar-refractivity contribution in [2.24, 2.45) is 0 Å². The Morgan fingerprint density at radius 2 is 2.11 bits per heavy atom. The molecule has 0 unspecified atom stereocenters. The number of carboxylic acids is 1. The summed E-state index contributed by atoms with van der Waals surface area (Å²) in [5.74, 6) is -2.09. The molecule has 1 rings (SSSR count). The van der Waals surface area contributed by atoms with Gasteiger partial charge >= 0.3 is 12.3 Å². The lowest BCUT2D eigenvalue weighted by molar-refractivity contribution is -0.275. The molecule has 0 bridgehead atoms. The van der Waals surface area contributed by atoms with E-state index in [0.717, 1.165) is 6.20 Å². The minimum atomic E-state index is -4.99. The van der Waals surface area contributed by atoms with Crippen molar-refractivity contribution in [3.8, 4) is 5.75 Å². The van der Waals surface area contributed by atoms with Gasteiger partial charge in [-0.2, -0.15) is 0 Å². The zero-order chi connectivity index (χ0) is 13.9. The summed E-state index contributed by atoms with van der Waals surface area (Å²) in [6.07, 6.45) is -4.60. The molecule has 0 aliphatic heterocycles. The maximum Gasteiger partial charge on any atom is 0.573 e. The molecule has 0 spiro atoms. The van der Waals surface area contributed by atoms with Crippen LogP contribution < -0.4 is 4.74 Å². The standard InChI is InChI=1S/C9H6F4INO3/c10-2-5-4(1-6(16)17)3-15-8(14)7(5)18-9(11,12)13/h3H,1-2H2,(H,16,17). The molecule has 4 nitrogen and oxygen atoms in total. The lowest BCUT2D eigenvalue weighted by Crippen LogP contribution is -2.20. The zero-order valence-corrected chi connectivity index (χ0v) is 10.7. The number of carboxylic acid groups (broad SMARTS) is 1. The number of ether oxygens (including phenoxy) is 1. The Balaban J connectivity index is 3.25. The Labute approximate surface area is 112 Å². The Morgan fingerprint density at radius 3 is 2.56 bits per heavy atom. The number of rotatable bonds is 4. The first-order chi connectivity index (χ1) is 8.24. The predicted molar refractivity (Wildman–Crippen MR) is 59.8 cm³/mol. The number of hydrogen-bond acceptors (Lipinski definition) is 3. The van der Waals surface area contributed by atoms with Gasteiger partial charge in [0.25, 0.3) is 0 Å². The summed E-state index contributed by atoms with van der Waals surface area (Å²) in [5, 5.41) is 8.56. The fraction of sp³-hybridized carbons (Fsp3) is 0.333. The summed E-state index contributed by atoms with van der Waals surface area (Å²) in [4.78, 5) is 14.1. The first-order valence-corrected chi connectivity index (χ1v) is 5.52. The predicted octanol–water partition coefficient (Wildman–Crippen LogP) is 2.68. The first-order valence-electron chi connectivity index (χ1n) is 4.44. The van der Waals surface area contributed by atoms with E-state index in [1.165, 1.54) is 22.6 Å². The van der Waals surface area contributed by atoms with Gasteiger partial charge in [0.1, 0.15) is 10.4 Å². The van der Waals surface area contributed by atoms with Crippen LogP contribution in [-0.2, 0) is 17.9 Å². The van der Waals surface area contributed by atoms with Crippen molar-refractivity contribution in [2.75, 3.05) is 0 Å². The molecule has 1 aromatic rings. The Kier molecular flexibility index (Phi) is 4.71. The van der Waals surface area contributed by atoms with Gasteiger partial charge in [0, 0.05) is 11.8 Å². The van der Waals surface area contributed by atoms with Gasteiger partial charge < -0.3 is 9.84 Å². The van der Waals surface area contributed by atoms with Gasteiger partial charge in [-0.3, -0.25) is 4.79 Å². The molecule has 9 heteroatoms. The third-order valence-corrected chi connectivity index (χ3v) is 2.64. The Bertz CT molecular complexity index is 464. The maximum absolute atomic E-state index is 12.8. The minimum Gasteiger partial charge on any atom is -0.481 e. The molecule has 0 amide bonds. The highest BCUT2D eigenvalue weighted by Gasteiger charge is 2.34. The van der Waals surface area contributed by atoms with Gasteiger partial charge in [0.15, 0.2) is 5.75 Å². The largest absolute Gasteiger partial charge is 0.573 e. The van der Waals surface area contributed by atoms with Crippen molar-refractivity contribution in [1.82, 2.24) is 4.98 Å². The topological polar surface area (TPSA) is 59.4 Å². The van der Waals surface area contributed by atoms with E-state index in [4.69, 9.17) is 5.11 Å². The molecule has 0 saturated carbocycles. The lowest BCUT2D eigenvalue weighted by Gasteiger charge is -2.15. The van der Waals surface area contributed by atoms with E-state index < -0.39 is 36.7 Å². The van der Waals surface area contributed by atoms with E-state index in [1.807, 2.05) is 0 Å². The van der Waals surface area contributed by atoms with E-state index in [-0.39, 0.29) is 9.26 Å². The summed E-state index contributed by atoms with van der Waals surface area (Å²) < 4.78 is 52.7. The van der Waals surface area contributed by atoms with Crippen molar-refractivity contribution in [1.29, 1.82) is 0 Å². The summed E-state index contributed by atoms with van der Waals surface area (Å²) in [6.45, 7) is -1.27. The molecule has 0 atom stereocenters. The van der Waals surface area contributed by atoms with Crippen molar-refractivity contribution in [2.45, 2.75) is 19.5 Å². The monoisotopic (exact) mass is 379 g/mol. The van der Waals surface area contributed by atoms with Crippen LogP contribution in [0.4, 0.5) is 17.6 Å². The first kappa shape index (κ1) is 14.9. The molecule has 100 valence electrons. The Hall–Kier alpha value is -1.13. The molecular weight excluding hydrogens is 373 g/mol. The fourth-order valence-corrected chi connectivity index (χ4v) is 1.80. The number of carbonyl (C=O) groups is 1. The SMILES string of the molecule is O=C(O)Cc1cnc(I)c(OC(F)(F)F)c1CF. The van der Waals surface area contributed by atoms with Gasteiger partial charge in [0.05, 0.1) is 6.42 Å². The average Bonchev–Trinajstić information content (AvgIpc) is 2.20. The second kappa shape index (κ2) is 5.67.